The van der Waals surface area contributed by atoms with Gasteiger partial charge in [-0.15, -0.1) is 11.8 Å². The summed E-state index contributed by atoms with van der Waals surface area (Å²) in [5.74, 6) is 0.477. The highest BCUT2D eigenvalue weighted by atomic mass is 32.2. The molecule has 0 fully saturated rings. The Labute approximate surface area is 193 Å². The monoisotopic (exact) mass is 450 g/mol. The summed E-state index contributed by atoms with van der Waals surface area (Å²) < 4.78 is 0. The molecule has 0 aromatic heterocycles. The molecule has 0 spiro atoms. The van der Waals surface area contributed by atoms with E-state index in [1.807, 2.05) is 11.8 Å². The summed E-state index contributed by atoms with van der Waals surface area (Å²) in [6.07, 6.45) is 0. The average molecular weight is 451 g/mol. The van der Waals surface area contributed by atoms with E-state index in [1.165, 1.54) is 10.3 Å². The topological polar surface area (TPSA) is 20.2 Å². The fraction of sp³-hybridized carbons (Fsp3) is 0.778. The number of phenols is 1. The minimum atomic E-state index is -1.82. The van der Waals surface area contributed by atoms with Crippen LogP contribution in [-0.4, -0.2) is 18.6 Å². The smallest absolute Gasteiger partial charge is 0.123 e. The summed E-state index contributed by atoms with van der Waals surface area (Å²) in [6, 6.07) is 4.50. The lowest BCUT2D eigenvalue weighted by Gasteiger charge is -2.59. The maximum Gasteiger partial charge on any atom is 0.123 e. The van der Waals surface area contributed by atoms with Crippen LogP contribution >= 0.6 is 11.8 Å². The zero-order valence-corrected chi connectivity index (χ0v) is 24.5. The Morgan fingerprint density at radius 3 is 1.17 bits per heavy atom. The quantitative estimate of drug-likeness (QED) is 0.365. The molecule has 1 nitrogen and oxygen atoms in total. The standard InChI is InChI=1S/C27H50OSSi/c1-23(2,3)20-16-19(17-21(22(20)28)24(4,5)6)29-18-30(25(7,8)9,26(10,11)12)27(13,14)15/h16-17,28H,18H2,1-15H3. The third kappa shape index (κ3) is 5.31. The van der Waals surface area contributed by atoms with E-state index in [1.54, 1.807) is 0 Å². The molecule has 1 N–H and O–H groups in total. The van der Waals surface area contributed by atoms with Gasteiger partial charge in [-0.2, -0.15) is 0 Å². The van der Waals surface area contributed by atoms with Crippen LogP contribution in [0.5, 0.6) is 5.75 Å². The molecule has 0 aliphatic rings. The van der Waals surface area contributed by atoms with E-state index < -0.39 is 8.07 Å². The van der Waals surface area contributed by atoms with Crippen LogP contribution in [0, 0.1) is 0 Å². The third-order valence-corrected chi connectivity index (χ3v) is 17.6. The van der Waals surface area contributed by atoms with Crippen molar-refractivity contribution in [3.05, 3.63) is 23.3 Å². The molecule has 0 aliphatic heterocycles. The molecule has 0 amide bonds. The molecule has 0 saturated heterocycles. The van der Waals surface area contributed by atoms with Crippen LogP contribution in [0.1, 0.15) is 115 Å². The van der Waals surface area contributed by atoms with E-state index in [-0.39, 0.29) is 25.9 Å². The number of phenolic OH excluding ortho intramolecular Hbond substituents is 1. The third-order valence-electron chi connectivity index (χ3n) is 7.00. The van der Waals surface area contributed by atoms with Gasteiger partial charge in [-0.3, -0.25) is 0 Å². The van der Waals surface area contributed by atoms with E-state index in [9.17, 15) is 5.11 Å². The van der Waals surface area contributed by atoms with Gasteiger partial charge in [0, 0.05) is 16.0 Å². The van der Waals surface area contributed by atoms with Crippen LogP contribution in [0.2, 0.25) is 15.1 Å². The van der Waals surface area contributed by atoms with Crippen LogP contribution < -0.4 is 0 Å². The summed E-state index contributed by atoms with van der Waals surface area (Å²) in [5, 5.41) is 13.1. The molecular formula is C27H50OSSi. The van der Waals surface area contributed by atoms with Gasteiger partial charge in [0.25, 0.3) is 0 Å². The minimum Gasteiger partial charge on any atom is -0.507 e. The van der Waals surface area contributed by atoms with E-state index in [0.717, 1.165) is 11.1 Å². The van der Waals surface area contributed by atoms with Crippen LogP contribution in [0.4, 0.5) is 0 Å². The molecule has 1 rings (SSSR count). The van der Waals surface area contributed by atoms with Crippen molar-refractivity contribution in [2.75, 3.05) is 5.38 Å². The van der Waals surface area contributed by atoms with Crippen molar-refractivity contribution in [2.24, 2.45) is 0 Å². The molecule has 0 saturated carbocycles. The van der Waals surface area contributed by atoms with Gasteiger partial charge in [-0.05, 0) is 43.5 Å². The van der Waals surface area contributed by atoms with Crippen molar-refractivity contribution < 1.29 is 5.11 Å². The zero-order valence-electron chi connectivity index (χ0n) is 22.7. The first kappa shape index (κ1) is 27.6. The fourth-order valence-corrected chi connectivity index (χ4v) is 19.9. The molecule has 0 radical (unpaired) electrons. The van der Waals surface area contributed by atoms with Crippen LogP contribution in [-0.2, 0) is 10.8 Å². The largest absolute Gasteiger partial charge is 0.507 e. The molecule has 0 unspecified atom stereocenters. The SMILES string of the molecule is CC(C)(C)c1cc(SC[Si](C(C)(C)C)(C(C)(C)C)C(C)(C)C)cc(C(C)(C)C)c1O. The highest BCUT2D eigenvalue weighted by Gasteiger charge is 2.59. The number of aromatic hydroxyl groups is 1. The molecule has 0 atom stereocenters. The van der Waals surface area contributed by atoms with Gasteiger partial charge in [-0.1, -0.05) is 104 Å². The second-order valence-electron chi connectivity index (χ2n) is 14.3. The van der Waals surface area contributed by atoms with Crippen molar-refractivity contribution in [3.63, 3.8) is 0 Å². The van der Waals surface area contributed by atoms with Gasteiger partial charge in [0.05, 0.1) is 8.07 Å². The van der Waals surface area contributed by atoms with Crippen molar-refractivity contribution in [1.82, 2.24) is 0 Å². The predicted octanol–water partition coefficient (Wildman–Crippen LogP) is 9.47. The molecule has 0 aliphatic carbocycles. The van der Waals surface area contributed by atoms with E-state index in [4.69, 9.17) is 0 Å². The second kappa shape index (κ2) is 8.18. The Hall–Kier alpha value is -0.413. The highest BCUT2D eigenvalue weighted by Crippen LogP contribution is 2.63. The van der Waals surface area contributed by atoms with Gasteiger partial charge in [0.2, 0.25) is 0 Å². The minimum absolute atomic E-state index is 0.0900. The number of thioether (sulfide) groups is 1. The number of rotatable bonds is 3. The summed E-state index contributed by atoms with van der Waals surface area (Å²) in [6.45, 7) is 35.4. The van der Waals surface area contributed by atoms with Crippen molar-refractivity contribution in [3.8, 4) is 5.75 Å². The molecule has 1 aromatic rings. The molecule has 30 heavy (non-hydrogen) atoms. The number of benzene rings is 1. The Bertz CT molecular complexity index is 672. The first-order chi connectivity index (χ1) is 13.0. The Morgan fingerprint density at radius 2 is 0.933 bits per heavy atom. The van der Waals surface area contributed by atoms with Gasteiger partial charge < -0.3 is 5.11 Å². The summed E-state index contributed by atoms with van der Waals surface area (Å²) in [7, 11) is -1.82. The fourth-order valence-electron chi connectivity index (χ4n) is 6.05. The maximum absolute atomic E-state index is 11.1. The Kier molecular flexibility index (Phi) is 7.53. The lowest BCUT2D eigenvalue weighted by Crippen LogP contribution is -2.60. The van der Waals surface area contributed by atoms with E-state index in [0.29, 0.717) is 5.75 Å². The van der Waals surface area contributed by atoms with E-state index >= 15 is 0 Å². The summed E-state index contributed by atoms with van der Waals surface area (Å²) in [5.41, 5.74) is 1.94. The summed E-state index contributed by atoms with van der Waals surface area (Å²) >= 11 is 2.03. The molecule has 174 valence electrons. The first-order valence-electron chi connectivity index (χ1n) is 11.5. The van der Waals surface area contributed by atoms with E-state index in [2.05, 4.69) is 116 Å². The lowest BCUT2D eigenvalue weighted by molar-refractivity contribution is 0.422. The molecule has 3 heteroatoms. The van der Waals surface area contributed by atoms with Gasteiger partial charge >= 0.3 is 0 Å². The Morgan fingerprint density at radius 1 is 0.633 bits per heavy atom. The van der Waals surface area contributed by atoms with Gasteiger partial charge in [0.1, 0.15) is 5.75 Å². The van der Waals surface area contributed by atoms with Crippen molar-refractivity contribution >= 4 is 19.8 Å². The maximum atomic E-state index is 11.1. The predicted molar refractivity (Wildman–Crippen MR) is 141 cm³/mol. The molecule has 0 bridgehead atoms. The second-order valence-corrected chi connectivity index (χ2v) is 22.5. The highest BCUT2D eigenvalue weighted by molar-refractivity contribution is 8.01. The van der Waals surface area contributed by atoms with Crippen molar-refractivity contribution in [2.45, 2.75) is 135 Å². The lowest BCUT2D eigenvalue weighted by atomic mass is 9.79. The van der Waals surface area contributed by atoms with Gasteiger partial charge in [-0.25, -0.2) is 0 Å². The molecule has 1 aromatic carbocycles. The van der Waals surface area contributed by atoms with Gasteiger partial charge in [0.15, 0.2) is 0 Å². The zero-order chi connectivity index (χ0) is 24.1. The summed E-state index contributed by atoms with van der Waals surface area (Å²) in [4.78, 5) is 1.30. The first-order valence-corrected chi connectivity index (χ1v) is 14.7. The molecule has 0 heterocycles. The average Bonchev–Trinajstić information content (AvgIpc) is 2.42. The van der Waals surface area contributed by atoms with Crippen LogP contribution in [0.25, 0.3) is 0 Å². The number of hydrogen-bond donors (Lipinski definition) is 1. The normalized spacial score (nSPS) is 14.9. The number of hydrogen-bond acceptors (Lipinski definition) is 2. The molecular weight excluding hydrogens is 400 g/mol. The van der Waals surface area contributed by atoms with Crippen molar-refractivity contribution in [1.29, 1.82) is 0 Å². The van der Waals surface area contributed by atoms with Crippen LogP contribution in [0.3, 0.4) is 0 Å². The van der Waals surface area contributed by atoms with Crippen LogP contribution in [0.15, 0.2) is 17.0 Å². The Balaban J connectivity index is 3.65.